The highest BCUT2D eigenvalue weighted by molar-refractivity contribution is 5.96. The van der Waals surface area contributed by atoms with Crippen LogP contribution in [0.1, 0.15) is 38.7 Å². The highest BCUT2D eigenvalue weighted by atomic mass is 16.5. The average Bonchev–Trinajstić information content (AvgIpc) is 3.23. The van der Waals surface area contributed by atoms with E-state index in [1.54, 1.807) is 20.1 Å². The van der Waals surface area contributed by atoms with Crippen molar-refractivity contribution in [3.63, 3.8) is 0 Å². The quantitative estimate of drug-likeness (QED) is 0.712. The Hall–Kier alpha value is -2.86. The van der Waals surface area contributed by atoms with Gasteiger partial charge in [0.2, 0.25) is 0 Å². The van der Waals surface area contributed by atoms with Crippen molar-refractivity contribution in [2.45, 2.75) is 33.6 Å². The van der Waals surface area contributed by atoms with Crippen molar-refractivity contribution in [1.82, 2.24) is 10.5 Å². The SMILES string of the molecule is Cc1noc(C)c1C(=O)NCc1cccc(COCc2ccco2)c1. The van der Waals surface area contributed by atoms with Gasteiger partial charge in [0, 0.05) is 6.54 Å². The Kier molecular flexibility index (Phi) is 5.30. The molecule has 6 heteroatoms. The van der Waals surface area contributed by atoms with Gasteiger partial charge in [-0.2, -0.15) is 0 Å². The van der Waals surface area contributed by atoms with Crippen LogP contribution in [0, 0.1) is 13.8 Å². The van der Waals surface area contributed by atoms with Crippen LogP contribution in [0.3, 0.4) is 0 Å². The third kappa shape index (κ3) is 4.36. The molecule has 25 heavy (non-hydrogen) atoms. The lowest BCUT2D eigenvalue weighted by Gasteiger charge is -2.08. The molecule has 2 heterocycles. The molecule has 6 nitrogen and oxygen atoms in total. The maximum atomic E-state index is 12.3. The maximum absolute atomic E-state index is 12.3. The highest BCUT2D eigenvalue weighted by Crippen LogP contribution is 2.13. The second-order valence-electron chi connectivity index (χ2n) is 5.77. The topological polar surface area (TPSA) is 77.5 Å². The molecule has 0 aliphatic rings. The zero-order valence-electron chi connectivity index (χ0n) is 14.2. The van der Waals surface area contributed by atoms with Gasteiger partial charge in [0.05, 0.1) is 18.6 Å². The molecule has 0 atom stereocenters. The van der Waals surface area contributed by atoms with E-state index in [4.69, 9.17) is 13.7 Å². The summed E-state index contributed by atoms with van der Waals surface area (Å²) in [5, 5.41) is 6.70. The van der Waals surface area contributed by atoms with Crippen LogP contribution in [0.15, 0.2) is 51.6 Å². The van der Waals surface area contributed by atoms with Gasteiger partial charge in [-0.25, -0.2) is 0 Å². The van der Waals surface area contributed by atoms with Crippen molar-refractivity contribution in [2.75, 3.05) is 0 Å². The fourth-order valence-corrected chi connectivity index (χ4v) is 2.57. The molecule has 3 aromatic rings. The van der Waals surface area contributed by atoms with Crippen LogP contribution in [0.2, 0.25) is 0 Å². The number of nitrogens with one attached hydrogen (secondary N) is 1. The molecule has 0 unspecified atom stereocenters. The fraction of sp³-hybridized carbons (Fsp3) is 0.263. The molecule has 0 spiro atoms. The van der Waals surface area contributed by atoms with Crippen LogP contribution in [0.25, 0.3) is 0 Å². The predicted octanol–water partition coefficient (Wildman–Crippen LogP) is 3.53. The Morgan fingerprint density at radius 3 is 2.72 bits per heavy atom. The number of rotatable bonds is 7. The smallest absolute Gasteiger partial charge is 0.257 e. The summed E-state index contributed by atoms with van der Waals surface area (Å²) in [5.74, 6) is 1.13. The molecule has 3 rings (SSSR count). The van der Waals surface area contributed by atoms with Gasteiger partial charge in [-0.05, 0) is 37.1 Å². The minimum atomic E-state index is -0.185. The van der Waals surface area contributed by atoms with Gasteiger partial charge in [0.15, 0.2) is 0 Å². The lowest BCUT2D eigenvalue weighted by atomic mass is 10.1. The minimum Gasteiger partial charge on any atom is -0.467 e. The lowest BCUT2D eigenvalue weighted by Crippen LogP contribution is -2.23. The van der Waals surface area contributed by atoms with Gasteiger partial charge in [-0.3, -0.25) is 4.79 Å². The van der Waals surface area contributed by atoms with E-state index in [2.05, 4.69) is 10.5 Å². The van der Waals surface area contributed by atoms with Crippen LogP contribution in [0.4, 0.5) is 0 Å². The van der Waals surface area contributed by atoms with E-state index in [0.717, 1.165) is 16.9 Å². The van der Waals surface area contributed by atoms with E-state index in [9.17, 15) is 4.79 Å². The Morgan fingerprint density at radius 1 is 1.16 bits per heavy atom. The monoisotopic (exact) mass is 340 g/mol. The zero-order chi connectivity index (χ0) is 17.6. The zero-order valence-corrected chi connectivity index (χ0v) is 14.2. The summed E-state index contributed by atoms with van der Waals surface area (Å²) in [6, 6.07) is 11.6. The molecule has 0 bridgehead atoms. The molecule has 0 fully saturated rings. The van der Waals surface area contributed by atoms with Crippen molar-refractivity contribution < 1.29 is 18.5 Å². The molecule has 0 radical (unpaired) electrons. The second kappa shape index (κ2) is 7.81. The summed E-state index contributed by atoms with van der Waals surface area (Å²) in [4.78, 5) is 12.3. The Labute approximate surface area is 145 Å². The maximum Gasteiger partial charge on any atom is 0.257 e. The summed E-state index contributed by atoms with van der Waals surface area (Å²) in [6.07, 6.45) is 1.63. The molecule has 0 aliphatic carbocycles. The van der Waals surface area contributed by atoms with Crippen molar-refractivity contribution >= 4 is 5.91 Å². The highest BCUT2D eigenvalue weighted by Gasteiger charge is 2.16. The van der Waals surface area contributed by atoms with E-state index >= 15 is 0 Å². The first-order valence-corrected chi connectivity index (χ1v) is 8.02. The van der Waals surface area contributed by atoms with Crippen molar-refractivity contribution in [3.8, 4) is 0 Å². The van der Waals surface area contributed by atoms with Crippen molar-refractivity contribution in [1.29, 1.82) is 0 Å². The third-order valence-electron chi connectivity index (χ3n) is 3.80. The Morgan fingerprint density at radius 2 is 2.00 bits per heavy atom. The van der Waals surface area contributed by atoms with Crippen molar-refractivity contribution in [2.24, 2.45) is 0 Å². The van der Waals surface area contributed by atoms with E-state index in [1.165, 1.54) is 0 Å². The number of furan rings is 1. The fourth-order valence-electron chi connectivity index (χ4n) is 2.57. The van der Waals surface area contributed by atoms with Crippen LogP contribution in [0.5, 0.6) is 0 Å². The minimum absolute atomic E-state index is 0.185. The first kappa shape index (κ1) is 17.0. The first-order chi connectivity index (χ1) is 12.1. The molecule has 1 amide bonds. The lowest BCUT2D eigenvalue weighted by molar-refractivity contribution is 0.0928. The molecular weight excluding hydrogens is 320 g/mol. The molecule has 130 valence electrons. The van der Waals surface area contributed by atoms with Gasteiger partial charge < -0.3 is 19.0 Å². The number of ether oxygens (including phenoxy) is 1. The van der Waals surface area contributed by atoms with Gasteiger partial charge in [0.25, 0.3) is 5.91 Å². The number of carbonyl (C=O) groups excluding carboxylic acids is 1. The number of benzene rings is 1. The van der Waals surface area contributed by atoms with E-state index in [1.807, 2.05) is 36.4 Å². The average molecular weight is 340 g/mol. The second-order valence-corrected chi connectivity index (χ2v) is 5.77. The van der Waals surface area contributed by atoms with Gasteiger partial charge in [-0.15, -0.1) is 0 Å². The van der Waals surface area contributed by atoms with Gasteiger partial charge in [0.1, 0.15) is 23.7 Å². The number of nitrogens with zero attached hydrogens (tertiary/aromatic N) is 1. The van der Waals surface area contributed by atoms with Crippen LogP contribution in [-0.4, -0.2) is 11.1 Å². The Bertz CT molecular complexity index is 817. The number of hydrogen-bond donors (Lipinski definition) is 1. The summed E-state index contributed by atoms with van der Waals surface area (Å²) in [7, 11) is 0. The predicted molar refractivity (Wildman–Crippen MR) is 90.8 cm³/mol. The van der Waals surface area contributed by atoms with E-state index in [0.29, 0.717) is 36.8 Å². The molecule has 2 aromatic heterocycles. The van der Waals surface area contributed by atoms with E-state index in [-0.39, 0.29) is 5.91 Å². The molecule has 1 N–H and O–H groups in total. The largest absolute Gasteiger partial charge is 0.467 e. The van der Waals surface area contributed by atoms with Crippen LogP contribution in [-0.2, 0) is 24.5 Å². The summed E-state index contributed by atoms with van der Waals surface area (Å²) in [6.45, 7) is 4.82. The number of carbonyl (C=O) groups is 1. The summed E-state index contributed by atoms with van der Waals surface area (Å²) in [5.41, 5.74) is 3.13. The molecule has 0 aliphatic heterocycles. The molecule has 1 aromatic carbocycles. The number of hydrogen-bond acceptors (Lipinski definition) is 5. The Balaban J connectivity index is 1.53. The molecular formula is C19H20N2O4. The van der Waals surface area contributed by atoms with Crippen LogP contribution < -0.4 is 5.32 Å². The standard InChI is InChI=1S/C19H20N2O4/c1-13-18(14(2)25-21-13)19(22)20-10-15-5-3-6-16(9-15)11-23-12-17-7-4-8-24-17/h3-9H,10-12H2,1-2H3,(H,20,22). The van der Waals surface area contributed by atoms with Crippen LogP contribution >= 0.6 is 0 Å². The number of aryl methyl sites for hydroxylation is 2. The third-order valence-corrected chi connectivity index (χ3v) is 3.80. The molecule has 0 saturated heterocycles. The first-order valence-electron chi connectivity index (χ1n) is 8.02. The normalized spacial score (nSPS) is 10.8. The van der Waals surface area contributed by atoms with E-state index < -0.39 is 0 Å². The van der Waals surface area contributed by atoms with Gasteiger partial charge in [-0.1, -0.05) is 29.4 Å². The number of amides is 1. The van der Waals surface area contributed by atoms with Gasteiger partial charge >= 0.3 is 0 Å². The number of aromatic nitrogens is 1. The summed E-state index contributed by atoms with van der Waals surface area (Å²) < 4.78 is 15.9. The molecule has 0 saturated carbocycles. The summed E-state index contributed by atoms with van der Waals surface area (Å²) >= 11 is 0. The van der Waals surface area contributed by atoms with Crippen molar-refractivity contribution in [3.05, 3.63) is 76.6 Å².